The van der Waals surface area contributed by atoms with Crippen LogP contribution in [0.15, 0.2) is 59.4 Å². The van der Waals surface area contributed by atoms with Gasteiger partial charge in [-0.05, 0) is 49.2 Å². The van der Waals surface area contributed by atoms with Gasteiger partial charge in [0, 0.05) is 0 Å². The molecule has 0 unspecified atom stereocenters. The fraction of sp³-hybridized carbons (Fsp3) is 0.227. The van der Waals surface area contributed by atoms with Crippen LogP contribution < -0.4 is 20.9 Å². The summed E-state index contributed by atoms with van der Waals surface area (Å²) in [5, 5.41) is 5.14. The van der Waals surface area contributed by atoms with Crippen molar-refractivity contribution in [2.45, 2.75) is 31.7 Å². The fourth-order valence-electron chi connectivity index (χ4n) is 3.84. The first-order chi connectivity index (χ1) is 14.7. The molecule has 1 saturated carbocycles. The molecule has 1 aliphatic carbocycles. The molecule has 5 rings (SSSR count). The number of nitrogens with one attached hydrogen (secondary N) is 1. The number of para-hydroxylation sites is 1. The molecule has 2 aromatic carbocycles. The van der Waals surface area contributed by atoms with Crippen molar-refractivity contribution < 1.29 is 9.47 Å². The van der Waals surface area contributed by atoms with Gasteiger partial charge in [-0.25, -0.2) is 9.48 Å². The molecule has 3 N–H and O–H groups in total. The Morgan fingerprint density at radius 3 is 2.27 bits per heavy atom. The number of anilines is 1. The number of nitrogens with two attached hydrogens (primary N) is 1. The second-order valence-corrected chi connectivity index (χ2v) is 7.33. The number of ether oxygens (including phenoxy) is 2. The molecular weight excluding hydrogens is 382 g/mol. The van der Waals surface area contributed by atoms with Crippen LogP contribution >= 0.6 is 0 Å². The number of aromatic nitrogens is 4. The molecule has 152 valence electrons. The lowest BCUT2D eigenvalue weighted by Crippen LogP contribution is -2.15. The first-order valence-electron chi connectivity index (χ1n) is 9.96. The van der Waals surface area contributed by atoms with Crippen molar-refractivity contribution in [3.63, 3.8) is 0 Å². The highest BCUT2D eigenvalue weighted by atomic mass is 16.5. The van der Waals surface area contributed by atoms with Crippen molar-refractivity contribution in [3.05, 3.63) is 65.1 Å². The highest BCUT2D eigenvalue weighted by Gasteiger charge is 2.25. The lowest BCUT2D eigenvalue weighted by atomic mass is 10.2. The van der Waals surface area contributed by atoms with E-state index in [4.69, 9.17) is 15.2 Å². The topological polar surface area (TPSA) is 108 Å². The van der Waals surface area contributed by atoms with Crippen molar-refractivity contribution in [1.29, 1.82) is 0 Å². The number of hydrogen-bond donors (Lipinski definition) is 2. The third-order valence-corrected chi connectivity index (χ3v) is 5.26. The summed E-state index contributed by atoms with van der Waals surface area (Å²) >= 11 is 0. The van der Waals surface area contributed by atoms with Gasteiger partial charge >= 0.3 is 5.69 Å². The number of nitrogens with zero attached hydrogens (tertiary/aromatic N) is 3. The fourth-order valence-corrected chi connectivity index (χ4v) is 3.84. The minimum absolute atomic E-state index is 0.195. The van der Waals surface area contributed by atoms with Crippen molar-refractivity contribution in [2.24, 2.45) is 0 Å². The summed E-state index contributed by atoms with van der Waals surface area (Å²) in [6, 6.07) is 17.0. The van der Waals surface area contributed by atoms with Crippen LogP contribution in [0.1, 0.15) is 31.7 Å². The first-order valence-corrected chi connectivity index (χ1v) is 9.96. The summed E-state index contributed by atoms with van der Waals surface area (Å²) in [7, 11) is 0. The number of hydrogen-bond acceptors (Lipinski definition) is 6. The van der Waals surface area contributed by atoms with Crippen LogP contribution in [0.3, 0.4) is 0 Å². The summed E-state index contributed by atoms with van der Waals surface area (Å²) in [5.74, 6) is 2.57. The van der Waals surface area contributed by atoms with E-state index >= 15 is 0 Å². The number of fused-ring (bicyclic) bond motifs is 1. The van der Waals surface area contributed by atoms with Crippen molar-refractivity contribution in [3.8, 4) is 23.1 Å². The smallest absolute Gasteiger partial charge is 0.348 e. The molecule has 1 aliphatic rings. The van der Waals surface area contributed by atoms with Gasteiger partial charge in [0.1, 0.15) is 28.5 Å². The Kier molecular flexibility index (Phi) is 4.59. The van der Waals surface area contributed by atoms with E-state index in [9.17, 15) is 4.79 Å². The molecule has 0 atom stereocenters. The van der Waals surface area contributed by atoms with Gasteiger partial charge in [-0.3, -0.25) is 4.98 Å². The van der Waals surface area contributed by atoms with E-state index in [1.54, 1.807) is 16.8 Å². The summed E-state index contributed by atoms with van der Waals surface area (Å²) in [5.41, 5.74) is 6.05. The Balaban J connectivity index is 1.45. The zero-order valence-electron chi connectivity index (χ0n) is 16.2. The van der Waals surface area contributed by atoms with Crippen molar-refractivity contribution in [2.75, 3.05) is 5.73 Å². The third kappa shape index (κ3) is 3.47. The highest BCUT2D eigenvalue weighted by Crippen LogP contribution is 2.37. The number of H-pyrrole nitrogens is 1. The number of benzene rings is 2. The maximum absolute atomic E-state index is 11.9. The van der Waals surface area contributed by atoms with Gasteiger partial charge in [-0.1, -0.05) is 31.0 Å². The molecular formula is C22H21N5O3. The molecule has 2 aromatic heterocycles. The Morgan fingerprint density at radius 1 is 0.933 bits per heavy atom. The van der Waals surface area contributed by atoms with E-state index in [-0.39, 0.29) is 11.9 Å². The number of aromatic amines is 1. The minimum atomic E-state index is -0.492. The Hall–Kier alpha value is -3.81. The minimum Gasteiger partial charge on any atom is -0.457 e. The SMILES string of the molecule is Nc1[nH]c(=O)nc2c1c(Oc1ccc(Oc3ccccc3)cc1)nn2C1CCCC1. The van der Waals surface area contributed by atoms with E-state index < -0.39 is 5.69 Å². The second-order valence-electron chi connectivity index (χ2n) is 7.33. The normalized spacial score (nSPS) is 14.3. The molecule has 8 nitrogen and oxygen atoms in total. The van der Waals surface area contributed by atoms with Crippen LogP contribution in [0.5, 0.6) is 23.1 Å². The lowest BCUT2D eigenvalue weighted by Gasteiger charge is -2.09. The molecule has 8 heteroatoms. The van der Waals surface area contributed by atoms with Crippen LogP contribution in [0.4, 0.5) is 5.82 Å². The first kappa shape index (κ1) is 18.2. The highest BCUT2D eigenvalue weighted by molar-refractivity contribution is 5.90. The largest absolute Gasteiger partial charge is 0.457 e. The Morgan fingerprint density at radius 2 is 1.57 bits per heavy atom. The van der Waals surface area contributed by atoms with E-state index in [1.807, 2.05) is 42.5 Å². The summed E-state index contributed by atoms with van der Waals surface area (Å²) < 4.78 is 13.6. The average Bonchev–Trinajstić information content (AvgIpc) is 3.38. The van der Waals surface area contributed by atoms with Gasteiger partial charge in [-0.15, -0.1) is 5.10 Å². The lowest BCUT2D eigenvalue weighted by molar-refractivity contribution is 0.421. The standard InChI is InChI=1S/C22H21N5O3/c23-19-18-20(25-22(28)24-19)27(14-6-4-5-7-14)26-21(18)30-17-12-10-16(11-13-17)29-15-8-2-1-3-9-15/h1-3,8-14H,4-7H2,(H3,23,24,25,28). The van der Waals surface area contributed by atoms with Crippen LogP contribution in [-0.4, -0.2) is 19.7 Å². The number of nitrogen functional groups attached to an aromatic ring is 1. The second kappa shape index (κ2) is 7.55. The summed E-state index contributed by atoms with van der Waals surface area (Å²) in [4.78, 5) is 18.5. The maximum atomic E-state index is 11.9. The molecule has 30 heavy (non-hydrogen) atoms. The molecule has 0 spiro atoms. The van der Waals surface area contributed by atoms with Gasteiger partial charge in [0.05, 0.1) is 6.04 Å². The molecule has 0 saturated heterocycles. The van der Waals surface area contributed by atoms with E-state index in [1.165, 1.54) is 0 Å². The molecule has 0 aliphatic heterocycles. The van der Waals surface area contributed by atoms with Crippen molar-refractivity contribution >= 4 is 16.9 Å². The van der Waals surface area contributed by atoms with Gasteiger partial charge in [-0.2, -0.15) is 4.98 Å². The summed E-state index contributed by atoms with van der Waals surface area (Å²) in [6.45, 7) is 0. The Labute approximate surface area is 172 Å². The van der Waals surface area contributed by atoms with Crippen LogP contribution in [0.2, 0.25) is 0 Å². The zero-order chi connectivity index (χ0) is 20.5. The van der Waals surface area contributed by atoms with Crippen molar-refractivity contribution in [1.82, 2.24) is 19.7 Å². The monoisotopic (exact) mass is 403 g/mol. The molecule has 0 amide bonds. The quantitative estimate of drug-likeness (QED) is 0.511. The third-order valence-electron chi connectivity index (χ3n) is 5.26. The maximum Gasteiger partial charge on any atom is 0.348 e. The van der Waals surface area contributed by atoms with E-state index in [0.29, 0.717) is 28.4 Å². The van der Waals surface area contributed by atoms with Gasteiger partial charge < -0.3 is 15.2 Å². The Bertz CT molecular complexity index is 1230. The molecule has 1 fully saturated rings. The predicted molar refractivity (Wildman–Crippen MR) is 113 cm³/mol. The number of rotatable bonds is 5. The van der Waals surface area contributed by atoms with Gasteiger partial charge in [0.15, 0.2) is 5.65 Å². The zero-order valence-corrected chi connectivity index (χ0v) is 16.2. The van der Waals surface area contributed by atoms with Crippen LogP contribution in [-0.2, 0) is 0 Å². The molecule has 0 radical (unpaired) electrons. The average molecular weight is 403 g/mol. The van der Waals surface area contributed by atoms with Crippen LogP contribution in [0, 0.1) is 0 Å². The molecule has 2 heterocycles. The molecule has 0 bridgehead atoms. The predicted octanol–water partition coefficient (Wildman–Crippen LogP) is 4.40. The molecule has 4 aromatic rings. The van der Waals surface area contributed by atoms with E-state index in [0.717, 1.165) is 31.4 Å². The van der Waals surface area contributed by atoms with E-state index in [2.05, 4.69) is 15.1 Å². The van der Waals surface area contributed by atoms with Gasteiger partial charge in [0.25, 0.3) is 5.88 Å². The summed E-state index contributed by atoms with van der Waals surface area (Å²) in [6.07, 6.45) is 4.25. The van der Waals surface area contributed by atoms with Crippen LogP contribution in [0.25, 0.3) is 11.0 Å². The van der Waals surface area contributed by atoms with Gasteiger partial charge in [0.2, 0.25) is 0 Å².